The maximum absolute atomic E-state index is 13.7. The fourth-order valence-electron chi connectivity index (χ4n) is 1.49. The van der Waals surface area contributed by atoms with Crippen LogP contribution in [-0.4, -0.2) is 53.5 Å². The number of carboxylic acid groups (broad SMARTS) is 1. The number of nitrogens with one attached hydrogen (secondary N) is 2. The highest BCUT2D eigenvalue weighted by Gasteiger charge is 2.18. The number of rotatable bonds is 4. The van der Waals surface area contributed by atoms with E-state index in [1.54, 1.807) is 0 Å². The summed E-state index contributed by atoms with van der Waals surface area (Å²) >= 11 is 5.54. The Hall–Kier alpha value is -2.95. The molecule has 0 unspecified atom stereocenters. The van der Waals surface area contributed by atoms with E-state index in [1.165, 1.54) is 19.0 Å². The van der Waals surface area contributed by atoms with E-state index in [9.17, 15) is 24.1 Å². The molecule has 0 spiro atoms. The van der Waals surface area contributed by atoms with E-state index in [4.69, 9.17) is 16.7 Å². The minimum Gasteiger partial charge on any atom is -0.465 e. The zero-order valence-electron chi connectivity index (χ0n) is 12.5. The van der Waals surface area contributed by atoms with Crippen molar-refractivity contribution in [3.05, 3.63) is 33.1 Å². The van der Waals surface area contributed by atoms with E-state index >= 15 is 0 Å². The molecule has 12 heteroatoms. The molecule has 0 saturated carbocycles. The molecule has 0 aliphatic heterocycles. The van der Waals surface area contributed by atoms with Crippen LogP contribution in [0.4, 0.5) is 25.4 Å². The number of hydrogen-bond acceptors (Lipinski definition) is 4. The number of likely N-dealkylation sites (N-methyl/N-ethyl adjacent to an activating group) is 1. The van der Waals surface area contributed by atoms with E-state index in [-0.39, 0.29) is 12.4 Å². The molecule has 0 radical (unpaired) electrons. The summed E-state index contributed by atoms with van der Waals surface area (Å²) in [6.45, 7) is -0.265. The van der Waals surface area contributed by atoms with Crippen molar-refractivity contribution in [1.82, 2.24) is 10.2 Å². The van der Waals surface area contributed by atoms with E-state index in [0.29, 0.717) is 6.07 Å². The van der Waals surface area contributed by atoms with E-state index < -0.39 is 39.3 Å². The second kappa shape index (κ2) is 8.06. The Labute approximate surface area is 140 Å². The van der Waals surface area contributed by atoms with Crippen LogP contribution in [0.3, 0.4) is 0 Å². The summed E-state index contributed by atoms with van der Waals surface area (Å²) in [6, 6.07) is 0.412. The van der Waals surface area contributed by atoms with Gasteiger partial charge in [0.2, 0.25) is 0 Å². The molecule has 0 bridgehead atoms. The van der Waals surface area contributed by atoms with Crippen molar-refractivity contribution in [3.63, 3.8) is 0 Å². The minimum atomic E-state index is -1.32. The van der Waals surface area contributed by atoms with Gasteiger partial charge in [0, 0.05) is 26.2 Å². The SMILES string of the molecule is CN(C)/C(CNC(=O)O)=N\C(=O)Nc1cc([N+](=O)[O-])c(Cl)cc1F. The number of hydrogen-bond donors (Lipinski definition) is 3. The number of carbonyl (C=O) groups excluding carboxylic acids is 1. The Morgan fingerprint density at radius 1 is 1.46 bits per heavy atom. The van der Waals surface area contributed by atoms with Crippen LogP contribution in [-0.2, 0) is 0 Å². The van der Waals surface area contributed by atoms with Crippen LogP contribution in [0.25, 0.3) is 0 Å². The molecule has 3 N–H and O–H groups in total. The van der Waals surface area contributed by atoms with Crippen molar-refractivity contribution in [2.45, 2.75) is 0 Å². The summed E-state index contributed by atoms with van der Waals surface area (Å²) in [5.74, 6) is -0.942. The molecule has 1 aromatic rings. The summed E-state index contributed by atoms with van der Waals surface area (Å²) in [6.07, 6.45) is -1.32. The second-order valence-electron chi connectivity index (χ2n) is 4.55. The number of halogens is 2. The Morgan fingerprint density at radius 3 is 2.58 bits per heavy atom. The number of anilines is 1. The molecule has 10 nitrogen and oxygen atoms in total. The number of benzene rings is 1. The Kier molecular flexibility index (Phi) is 6.41. The van der Waals surface area contributed by atoms with Crippen molar-refractivity contribution < 1.29 is 24.0 Å². The molecule has 0 atom stereocenters. The number of amidine groups is 1. The first-order chi connectivity index (χ1) is 11.1. The third kappa shape index (κ3) is 5.35. The third-order valence-corrected chi connectivity index (χ3v) is 2.92. The van der Waals surface area contributed by atoms with Gasteiger partial charge in [0.05, 0.1) is 17.2 Å². The fourth-order valence-corrected chi connectivity index (χ4v) is 1.71. The van der Waals surface area contributed by atoms with Gasteiger partial charge in [-0.25, -0.2) is 14.0 Å². The molecule has 0 fully saturated rings. The van der Waals surface area contributed by atoms with Crippen molar-refractivity contribution in [1.29, 1.82) is 0 Å². The maximum atomic E-state index is 13.7. The summed E-state index contributed by atoms with van der Waals surface area (Å²) in [5, 5.41) is 23.0. The first-order valence-electron chi connectivity index (χ1n) is 6.28. The van der Waals surface area contributed by atoms with Crippen LogP contribution in [0.2, 0.25) is 5.02 Å². The maximum Gasteiger partial charge on any atom is 0.405 e. The molecule has 130 valence electrons. The molecule has 0 aliphatic rings. The van der Waals surface area contributed by atoms with Crippen LogP contribution < -0.4 is 10.6 Å². The molecule has 1 rings (SSSR count). The molecular weight excluding hydrogens is 349 g/mol. The number of urea groups is 1. The lowest BCUT2D eigenvalue weighted by Crippen LogP contribution is -2.36. The van der Waals surface area contributed by atoms with E-state index in [1.807, 2.05) is 10.6 Å². The second-order valence-corrected chi connectivity index (χ2v) is 4.96. The normalized spacial score (nSPS) is 10.9. The number of nitro benzene ring substituents is 1. The zero-order valence-corrected chi connectivity index (χ0v) is 13.3. The average Bonchev–Trinajstić information content (AvgIpc) is 2.45. The third-order valence-electron chi connectivity index (χ3n) is 2.62. The van der Waals surface area contributed by atoms with Gasteiger partial charge in [-0.05, 0) is 0 Å². The number of nitrogens with zero attached hydrogens (tertiary/aromatic N) is 3. The minimum absolute atomic E-state index is 0.0405. The predicted octanol–water partition coefficient (Wildman–Crippen LogP) is 2.15. The lowest BCUT2D eigenvalue weighted by molar-refractivity contribution is -0.384. The largest absolute Gasteiger partial charge is 0.465 e. The number of amides is 3. The smallest absolute Gasteiger partial charge is 0.405 e. The molecule has 0 saturated heterocycles. The van der Waals surface area contributed by atoms with Gasteiger partial charge in [-0.15, -0.1) is 0 Å². The van der Waals surface area contributed by atoms with E-state index in [0.717, 1.165) is 6.07 Å². The van der Waals surface area contributed by atoms with Gasteiger partial charge in [0.15, 0.2) is 0 Å². The number of carbonyl (C=O) groups is 2. The van der Waals surface area contributed by atoms with E-state index in [2.05, 4.69) is 4.99 Å². The molecule has 0 heterocycles. The first kappa shape index (κ1) is 19.1. The van der Waals surface area contributed by atoms with Crippen LogP contribution in [0, 0.1) is 15.9 Å². The van der Waals surface area contributed by atoms with Crippen molar-refractivity contribution in [2.24, 2.45) is 4.99 Å². The lowest BCUT2D eigenvalue weighted by Gasteiger charge is -2.15. The summed E-state index contributed by atoms with van der Waals surface area (Å²) < 4.78 is 13.7. The number of nitro groups is 1. The standard InChI is InChI=1S/C12H13ClFN5O5/c1-18(2)10(5-15-12(21)22)17-11(20)16-8-4-9(19(23)24)6(13)3-7(8)14/h3-4,15H,5H2,1-2H3,(H,16,20)(H,21,22)/b17-10-. The highest BCUT2D eigenvalue weighted by molar-refractivity contribution is 6.32. The van der Waals surface area contributed by atoms with Gasteiger partial charge in [0.25, 0.3) is 5.69 Å². The van der Waals surface area contributed by atoms with Crippen molar-refractivity contribution in [2.75, 3.05) is 26.0 Å². The highest BCUT2D eigenvalue weighted by atomic mass is 35.5. The van der Waals surface area contributed by atoms with Crippen molar-refractivity contribution >= 4 is 40.9 Å². The lowest BCUT2D eigenvalue weighted by atomic mass is 10.2. The molecule has 0 aliphatic carbocycles. The van der Waals surface area contributed by atoms with Gasteiger partial charge < -0.3 is 20.6 Å². The highest BCUT2D eigenvalue weighted by Crippen LogP contribution is 2.30. The Morgan fingerprint density at radius 2 is 2.08 bits per heavy atom. The van der Waals surface area contributed by atoms with Crippen LogP contribution in [0.1, 0.15) is 0 Å². The molecule has 3 amide bonds. The van der Waals surface area contributed by atoms with Crippen LogP contribution in [0.15, 0.2) is 17.1 Å². The number of aliphatic imine (C=N–C) groups is 1. The van der Waals surface area contributed by atoms with Gasteiger partial charge >= 0.3 is 12.1 Å². The Bertz CT molecular complexity index is 709. The monoisotopic (exact) mass is 361 g/mol. The molecular formula is C12H13ClFN5O5. The summed E-state index contributed by atoms with van der Waals surface area (Å²) in [4.78, 5) is 37.2. The Balaban J connectivity index is 3.01. The zero-order chi connectivity index (χ0) is 18.4. The quantitative estimate of drug-likeness (QED) is 0.325. The van der Waals surface area contributed by atoms with Gasteiger partial charge in [-0.3, -0.25) is 10.1 Å². The van der Waals surface area contributed by atoms with Gasteiger partial charge in [0.1, 0.15) is 16.7 Å². The van der Waals surface area contributed by atoms with Gasteiger partial charge in [-0.1, -0.05) is 11.6 Å². The summed E-state index contributed by atoms with van der Waals surface area (Å²) in [7, 11) is 3.03. The summed E-state index contributed by atoms with van der Waals surface area (Å²) in [5.41, 5.74) is -1.07. The van der Waals surface area contributed by atoms with Crippen molar-refractivity contribution in [3.8, 4) is 0 Å². The van der Waals surface area contributed by atoms with Crippen LogP contribution in [0.5, 0.6) is 0 Å². The molecule has 24 heavy (non-hydrogen) atoms. The average molecular weight is 362 g/mol. The predicted molar refractivity (Wildman–Crippen MR) is 84.2 cm³/mol. The van der Waals surface area contributed by atoms with Gasteiger partial charge in [-0.2, -0.15) is 4.99 Å². The molecule has 1 aromatic carbocycles. The first-order valence-corrected chi connectivity index (χ1v) is 6.65. The van der Waals surface area contributed by atoms with Crippen LogP contribution >= 0.6 is 11.6 Å². The molecule has 0 aromatic heterocycles. The topological polar surface area (TPSA) is 137 Å². The fraction of sp³-hybridized carbons (Fsp3) is 0.250.